The van der Waals surface area contributed by atoms with Crippen LogP contribution in [0.1, 0.15) is 23.1 Å². The summed E-state index contributed by atoms with van der Waals surface area (Å²) in [5.74, 6) is 1.02. The summed E-state index contributed by atoms with van der Waals surface area (Å²) in [6.45, 7) is 2.42. The van der Waals surface area contributed by atoms with Crippen molar-refractivity contribution in [2.75, 3.05) is 23.0 Å². The summed E-state index contributed by atoms with van der Waals surface area (Å²) in [6, 6.07) is 1.74. The van der Waals surface area contributed by atoms with Crippen LogP contribution in [-0.2, 0) is 13.2 Å². The topological polar surface area (TPSA) is 64.1 Å². The average molecular weight is 383 g/mol. The lowest BCUT2D eigenvalue weighted by molar-refractivity contribution is -0.144. The lowest BCUT2D eigenvalue weighted by Crippen LogP contribution is -2.37. The first kappa shape index (κ1) is 17.1. The zero-order chi connectivity index (χ0) is 18.5. The minimum atomic E-state index is -4.61. The molecular formula is C15H16F3N7S. The number of hydrogen-bond acceptors (Lipinski definition) is 6. The third kappa shape index (κ3) is 3.00. The number of nitrogens with zero attached hydrogens (tertiary/aromatic N) is 7. The zero-order valence-corrected chi connectivity index (χ0v) is 14.9. The monoisotopic (exact) mass is 383 g/mol. The van der Waals surface area contributed by atoms with Crippen molar-refractivity contribution < 1.29 is 13.2 Å². The van der Waals surface area contributed by atoms with Crippen LogP contribution in [0.15, 0.2) is 18.5 Å². The second-order valence-corrected chi connectivity index (χ2v) is 7.28. The van der Waals surface area contributed by atoms with E-state index in [1.807, 2.05) is 13.2 Å². The van der Waals surface area contributed by atoms with Crippen LogP contribution in [-0.4, -0.2) is 47.4 Å². The number of halogens is 3. The third-order valence-corrected chi connectivity index (χ3v) is 5.23. The number of alkyl halides is 3. The van der Waals surface area contributed by atoms with Gasteiger partial charge in [0, 0.05) is 48.6 Å². The molecule has 3 aromatic heterocycles. The predicted octanol–water partition coefficient (Wildman–Crippen LogP) is 2.48. The normalized spacial score (nSPS) is 18.7. The SMILES string of the molecule is Cc1cc(N2CCSCC2c2cnn(C)c2)n2nc(C(F)(F)F)nc2n1. The van der Waals surface area contributed by atoms with Gasteiger partial charge >= 0.3 is 6.18 Å². The number of aromatic nitrogens is 6. The highest BCUT2D eigenvalue weighted by Gasteiger charge is 2.37. The summed E-state index contributed by atoms with van der Waals surface area (Å²) in [7, 11) is 1.84. The maximum atomic E-state index is 13.1. The highest BCUT2D eigenvalue weighted by molar-refractivity contribution is 7.99. The van der Waals surface area contributed by atoms with Crippen LogP contribution < -0.4 is 4.90 Å². The van der Waals surface area contributed by atoms with Crippen LogP contribution in [0, 0.1) is 6.92 Å². The molecule has 1 unspecified atom stereocenters. The molecule has 1 saturated heterocycles. The summed E-state index contributed by atoms with van der Waals surface area (Å²) in [5.41, 5.74) is 1.61. The van der Waals surface area contributed by atoms with Crippen molar-refractivity contribution in [3.8, 4) is 0 Å². The Labute approximate surface area is 151 Å². The summed E-state index contributed by atoms with van der Waals surface area (Å²) in [4.78, 5) is 9.74. The smallest absolute Gasteiger partial charge is 0.348 e. The zero-order valence-electron chi connectivity index (χ0n) is 14.1. The van der Waals surface area contributed by atoms with E-state index in [2.05, 4.69) is 25.1 Å². The van der Waals surface area contributed by atoms with Crippen molar-refractivity contribution >= 4 is 23.4 Å². The highest BCUT2D eigenvalue weighted by atomic mass is 32.2. The Hall–Kier alpha value is -2.30. The van der Waals surface area contributed by atoms with Crippen molar-refractivity contribution in [1.29, 1.82) is 0 Å². The standard InChI is InChI=1S/C15H16F3N7S/c1-9-5-12(25-14(20-9)21-13(22-25)15(16,17)18)24-3-4-26-8-11(24)10-6-19-23(2)7-10/h5-7,11H,3-4,8H2,1-2H3. The molecule has 0 saturated carbocycles. The summed E-state index contributed by atoms with van der Waals surface area (Å²) in [6.07, 6.45) is -0.895. The molecule has 0 radical (unpaired) electrons. The Morgan fingerprint density at radius 3 is 2.77 bits per heavy atom. The molecule has 1 aliphatic rings. The Balaban J connectivity index is 1.84. The van der Waals surface area contributed by atoms with Gasteiger partial charge in [0.05, 0.1) is 12.2 Å². The summed E-state index contributed by atoms with van der Waals surface area (Å²) >= 11 is 1.80. The quantitative estimate of drug-likeness (QED) is 0.678. The Kier molecular flexibility index (Phi) is 4.05. The third-order valence-electron chi connectivity index (χ3n) is 4.21. The molecule has 0 aliphatic carbocycles. The maximum absolute atomic E-state index is 13.1. The number of aryl methyl sites for hydroxylation is 2. The molecule has 0 amide bonds. The fourth-order valence-corrected chi connectivity index (χ4v) is 4.15. The van der Waals surface area contributed by atoms with E-state index in [0.717, 1.165) is 17.1 Å². The van der Waals surface area contributed by atoms with Crippen molar-refractivity contribution in [3.63, 3.8) is 0 Å². The van der Waals surface area contributed by atoms with Gasteiger partial charge in [-0.05, 0) is 6.92 Å². The van der Waals surface area contributed by atoms with Crippen molar-refractivity contribution in [1.82, 2.24) is 29.4 Å². The largest absolute Gasteiger partial charge is 0.453 e. The van der Waals surface area contributed by atoms with Crippen LogP contribution in [0.2, 0.25) is 0 Å². The maximum Gasteiger partial charge on any atom is 0.453 e. The van der Waals surface area contributed by atoms with Gasteiger partial charge in [0.2, 0.25) is 0 Å². The van der Waals surface area contributed by atoms with Crippen LogP contribution in [0.4, 0.5) is 19.0 Å². The first-order chi connectivity index (χ1) is 12.3. The number of anilines is 1. The molecule has 4 heterocycles. The van der Waals surface area contributed by atoms with Gasteiger partial charge < -0.3 is 4.90 Å². The molecule has 0 bridgehead atoms. The van der Waals surface area contributed by atoms with Crippen molar-refractivity contribution in [2.24, 2.45) is 7.05 Å². The average Bonchev–Trinajstić information content (AvgIpc) is 3.20. The van der Waals surface area contributed by atoms with E-state index in [4.69, 9.17) is 0 Å². The molecule has 1 atom stereocenters. The lowest BCUT2D eigenvalue weighted by Gasteiger charge is -2.36. The number of thioether (sulfide) groups is 1. The molecule has 1 aliphatic heterocycles. The minimum Gasteiger partial charge on any atom is -0.348 e. The fraction of sp³-hybridized carbons (Fsp3) is 0.467. The van der Waals surface area contributed by atoms with Crippen LogP contribution in [0.25, 0.3) is 5.78 Å². The van der Waals surface area contributed by atoms with E-state index in [1.165, 1.54) is 4.52 Å². The second kappa shape index (κ2) is 6.15. The highest BCUT2D eigenvalue weighted by Crippen LogP contribution is 2.34. The van der Waals surface area contributed by atoms with Crippen molar-refractivity contribution in [3.05, 3.63) is 35.5 Å². The number of hydrogen-bond donors (Lipinski definition) is 0. The molecule has 4 rings (SSSR count). The van der Waals surface area contributed by atoms with Crippen molar-refractivity contribution in [2.45, 2.75) is 19.1 Å². The molecule has 0 aromatic carbocycles. The fourth-order valence-electron chi connectivity index (χ4n) is 3.06. The van der Waals surface area contributed by atoms with Crippen LogP contribution >= 0.6 is 11.8 Å². The molecule has 0 N–H and O–H groups in total. The number of rotatable bonds is 2. The molecule has 138 valence electrons. The molecule has 0 spiro atoms. The van der Waals surface area contributed by atoms with Crippen LogP contribution in [0.3, 0.4) is 0 Å². The van der Waals surface area contributed by atoms with Gasteiger partial charge in [0.25, 0.3) is 11.6 Å². The van der Waals surface area contributed by atoms with E-state index < -0.39 is 12.0 Å². The summed E-state index contributed by atoms with van der Waals surface area (Å²) in [5, 5.41) is 7.90. The first-order valence-electron chi connectivity index (χ1n) is 7.97. The number of fused-ring (bicyclic) bond motifs is 1. The van der Waals surface area contributed by atoms with E-state index in [1.54, 1.807) is 35.6 Å². The van der Waals surface area contributed by atoms with E-state index in [0.29, 0.717) is 18.1 Å². The Morgan fingerprint density at radius 1 is 1.27 bits per heavy atom. The van der Waals surface area contributed by atoms with Gasteiger partial charge in [-0.3, -0.25) is 4.68 Å². The Morgan fingerprint density at radius 2 is 2.08 bits per heavy atom. The van der Waals surface area contributed by atoms with E-state index >= 15 is 0 Å². The van der Waals surface area contributed by atoms with Crippen LogP contribution in [0.5, 0.6) is 0 Å². The lowest BCUT2D eigenvalue weighted by atomic mass is 10.1. The minimum absolute atomic E-state index is 0.00835. The second-order valence-electron chi connectivity index (χ2n) is 6.13. The van der Waals surface area contributed by atoms with Gasteiger partial charge in [-0.1, -0.05) is 0 Å². The van der Waals surface area contributed by atoms with E-state index in [9.17, 15) is 13.2 Å². The van der Waals surface area contributed by atoms with Gasteiger partial charge in [0.1, 0.15) is 5.82 Å². The molecule has 26 heavy (non-hydrogen) atoms. The predicted molar refractivity (Wildman–Crippen MR) is 91.1 cm³/mol. The molecular weight excluding hydrogens is 367 g/mol. The molecule has 7 nitrogen and oxygen atoms in total. The first-order valence-corrected chi connectivity index (χ1v) is 9.13. The van der Waals surface area contributed by atoms with Gasteiger partial charge in [-0.25, -0.2) is 4.98 Å². The van der Waals surface area contributed by atoms with E-state index in [-0.39, 0.29) is 11.8 Å². The van der Waals surface area contributed by atoms with Gasteiger partial charge in [0.15, 0.2) is 0 Å². The Bertz CT molecular complexity index is 949. The van der Waals surface area contributed by atoms with Gasteiger partial charge in [-0.15, -0.1) is 5.10 Å². The molecule has 11 heteroatoms. The molecule has 3 aromatic rings. The summed E-state index contributed by atoms with van der Waals surface area (Å²) < 4.78 is 42.1. The van der Waals surface area contributed by atoms with Gasteiger partial charge in [-0.2, -0.15) is 39.5 Å². The molecule has 1 fully saturated rings.